The molecule has 3 rings (SSSR count). The number of nitrogens with zero attached hydrogens (tertiary/aromatic N) is 3. The Labute approximate surface area is 121 Å². The van der Waals surface area contributed by atoms with Gasteiger partial charge in [0.1, 0.15) is 11.8 Å². The van der Waals surface area contributed by atoms with Crippen LogP contribution in [-0.2, 0) is 0 Å². The zero-order chi connectivity index (χ0) is 14.3. The molecule has 0 unspecified atom stereocenters. The molecule has 0 radical (unpaired) electrons. The van der Waals surface area contributed by atoms with Gasteiger partial charge in [0, 0.05) is 0 Å². The minimum absolute atomic E-state index is 0.490. The Balaban J connectivity index is 2.36. The Kier molecular flexibility index (Phi) is 3.02. The summed E-state index contributed by atoms with van der Waals surface area (Å²) in [5, 5.41) is 0. The van der Waals surface area contributed by atoms with E-state index in [0.29, 0.717) is 21.8 Å². The van der Waals surface area contributed by atoms with Crippen molar-refractivity contribution in [1.29, 1.82) is 0 Å². The van der Waals surface area contributed by atoms with Gasteiger partial charge in [0.25, 0.3) is 0 Å². The number of fused-ring (bicyclic) bond motifs is 1. The van der Waals surface area contributed by atoms with E-state index >= 15 is 0 Å². The fourth-order valence-electron chi connectivity index (χ4n) is 2.37. The van der Waals surface area contributed by atoms with Gasteiger partial charge in [0.2, 0.25) is 5.88 Å². The number of ether oxygens (including phenoxy) is 1. The van der Waals surface area contributed by atoms with E-state index in [1.165, 1.54) is 17.5 Å². The zero-order valence-electron chi connectivity index (χ0n) is 11.5. The lowest BCUT2D eigenvalue weighted by molar-refractivity contribution is 0.401. The van der Waals surface area contributed by atoms with Crippen molar-refractivity contribution in [2.24, 2.45) is 0 Å². The second kappa shape index (κ2) is 4.72. The summed E-state index contributed by atoms with van der Waals surface area (Å²) < 4.78 is 7.71. The van der Waals surface area contributed by atoms with E-state index in [-0.39, 0.29) is 0 Å². The number of imidazole rings is 1. The summed E-state index contributed by atoms with van der Waals surface area (Å²) in [5.74, 6) is 0.490. The van der Waals surface area contributed by atoms with Gasteiger partial charge in [-0.1, -0.05) is 6.07 Å². The maximum absolute atomic E-state index is 5.41. The summed E-state index contributed by atoms with van der Waals surface area (Å²) in [7, 11) is 1.58. The van der Waals surface area contributed by atoms with Gasteiger partial charge >= 0.3 is 0 Å². The smallest absolute Gasteiger partial charge is 0.242 e. The van der Waals surface area contributed by atoms with Gasteiger partial charge in [-0.25, -0.2) is 4.98 Å². The predicted molar refractivity (Wildman–Crippen MR) is 80.1 cm³/mol. The molecule has 2 heterocycles. The highest BCUT2D eigenvalue weighted by Crippen LogP contribution is 2.24. The molecule has 1 N–H and O–H groups in total. The molecule has 0 atom stereocenters. The fraction of sp³-hybridized carbons (Fsp3) is 0.214. The second-order valence-electron chi connectivity index (χ2n) is 4.69. The van der Waals surface area contributed by atoms with Crippen LogP contribution in [0.4, 0.5) is 0 Å². The van der Waals surface area contributed by atoms with Crippen molar-refractivity contribution in [3.8, 4) is 11.6 Å². The third kappa shape index (κ3) is 1.98. The second-order valence-corrected chi connectivity index (χ2v) is 5.08. The first-order valence-electron chi connectivity index (χ1n) is 6.18. The Bertz CT molecular complexity index is 830. The molecule has 0 aliphatic carbocycles. The molecular formula is C14H14N4OS. The van der Waals surface area contributed by atoms with Crippen LogP contribution in [0.5, 0.6) is 5.88 Å². The summed E-state index contributed by atoms with van der Waals surface area (Å²) in [4.78, 5) is 11.5. The first kappa shape index (κ1) is 12.8. The van der Waals surface area contributed by atoms with Crippen molar-refractivity contribution >= 4 is 23.4 Å². The van der Waals surface area contributed by atoms with Crippen LogP contribution in [0.3, 0.4) is 0 Å². The van der Waals surface area contributed by atoms with Crippen LogP contribution in [0.25, 0.3) is 16.9 Å². The SMILES string of the molecule is COc1ncnc2c1[nH]c(=S)n2-c1cc(C)cc(C)c1. The van der Waals surface area contributed by atoms with E-state index in [4.69, 9.17) is 17.0 Å². The highest BCUT2D eigenvalue weighted by Gasteiger charge is 2.13. The predicted octanol–water partition coefficient (Wildman–Crippen LogP) is 3.10. The Morgan fingerprint density at radius 1 is 1.15 bits per heavy atom. The standard InChI is InChI=1S/C14H14N4OS/c1-8-4-9(2)6-10(5-8)18-12-11(17-14(18)20)13(19-3)16-7-15-12/h4-7H,1-3H3,(H,17,20). The van der Waals surface area contributed by atoms with Gasteiger partial charge in [0.15, 0.2) is 10.4 Å². The third-order valence-corrected chi connectivity index (χ3v) is 3.38. The van der Waals surface area contributed by atoms with Gasteiger partial charge in [0.05, 0.1) is 12.8 Å². The number of benzene rings is 1. The average molecular weight is 286 g/mol. The molecule has 0 saturated carbocycles. The largest absolute Gasteiger partial charge is 0.479 e. The van der Waals surface area contributed by atoms with E-state index in [2.05, 4.69) is 47.0 Å². The molecule has 0 spiro atoms. The molecule has 102 valence electrons. The maximum atomic E-state index is 5.41. The first-order chi connectivity index (χ1) is 9.60. The Hall–Kier alpha value is -2.21. The molecule has 0 aliphatic heterocycles. The quantitative estimate of drug-likeness (QED) is 0.735. The van der Waals surface area contributed by atoms with Crippen molar-refractivity contribution in [3.63, 3.8) is 0 Å². The highest BCUT2D eigenvalue weighted by molar-refractivity contribution is 7.71. The van der Waals surface area contributed by atoms with Crippen molar-refractivity contribution in [1.82, 2.24) is 19.5 Å². The summed E-state index contributed by atoms with van der Waals surface area (Å²) in [6, 6.07) is 6.27. The molecule has 2 aromatic heterocycles. The molecule has 6 heteroatoms. The van der Waals surface area contributed by atoms with Crippen LogP contribution in [0.1, 0.15) is 11.1 Å². The molecule has 3 aromatic rings. The van der Waals surface area contributed by atoms with Crippen LogP contribution in [0.15, 0.2) is 24.5 Å². The zero-order valence-corrected chi connectivity index (χ0v) is 12.3. The van der Waals surface area contributed by atoms with Crippen LogP contribution in [0, 0.1) is 18.6 Å². The van der Waals surface area contributed by atoms with E-state index in [0.717, 1.165) is 5.69 Å². The molecule has 0 saturated heterocycles. The van der Waals surface area contributed by atoms with Crippen molar-refractivity contribution in [2.75, 3.05) is 7.11 Å². The number of hydrogen-bond acceptors (Lipinski definition) is 4. The van der Waals surface area contributed by atoms with Crippen molar-refractivity contribution < 1.29 is 4.74 Å². The number of aromatic nitrogens is 4. The number of methoxy groups -OCH3 is 1. The average Bonchev–Trinajstić information content (AvgIpc) is 2.73. The lowest BCUT2D eigenvalue weighted by Crippen LogP contribution is -1.98. The number of aryl methyl sites for hydroxylation is 2. The van der Waals surface area contributed by atoms with Crippen LogP contribution in [0.2, 0.25) is 0 Å². The number of aromatic amines is 1. The Morgan fingerprint density at radius 3 is 2.50 bits per heavy atom. The molecule has 0 bridgehead atoms. The summed E-state index contributed by atoms with van der Waals surface area (Å²) in [6.07, 6.45) is 1.48. The third-order valence-electron chi connectivity index (χ3n) is 3.10. The molecule has 20 heavy (non-hydrogen) atoms. The maximum Gasteiger partial charge on any atom is 0.242 e. The fourth-order valence-corrected chi connectivity index (χ4v) is 2.67. The van der Waals surface area contributed by atoms with Crippen LogP contribution >= 0.6 is 12.2 Å². The molecule has 0 aliphatic rings. The Morgan fingerprint density at radius 2 is 1.85 bits per heavy atom. The molecular weight excluding hydrogens is 272 g/mol. The number of nitrogens with one attached hydrogen (secondary N) is 1. The number of rotatable bonds is 2. The van der Waals surface area contributed by atoms with Crippen LogP contribution < -0.4 is 4.74 Å². The van der Waals surface area contributed by atoms with Gasteiger partial charge < -0.3 is 9.72 Å². The molecule has 5 nitrogen and oxygen atoms in total. The minimum Gasteiger partial charge on any atom is -0.479 e. The number of H-pyrrole nitrogens is 1. The van der Waals surface area contributed by atoms with Crippen molar-refractivity contribution in [3.05, 3.63) is 40.4 Å². The van der Waals surface area contributed by atoms with Gasteiger partial charge in [-0.15, -0.1) is 0 Å². The topological polar surface area (TPSA) is 55.7 Å². The summed E-state index contributed by atoms with van der Waals surface area (Å²) >= 11 is 5.41. The van der Waals surface area contributed by atoms with E-state index in [1.54, 1.807) is 7.11 Å². The normalized spacial score (nSPS) is 10.9. The number of hydrogen-bond donors (Lipinski definition) is 1. The minimum atomic E-state index is 0.490. The first-order valence-corrected chi connectivity index (χ1v) is 6.59. The summed E-state index contributed by atoms with van der Waals surface area (Å²) in [6.45, 7) is 4.12. The van der Waals surface area contributed by atoms with E-state index in [9.17, 15) is 0 Å². The lowest BCUT2D eigenvalue weighted by Gasteiger charge is -2.07. The van der Waals surface area contributed by atoms with Gasteiger partial charge in [-0.05, 0) is 49.3 Å². The van der Waals surface area contributed by atoms with E-state index in [1.807, 2.05) is 4.57 Å². The van der Waals surface area contributed by atoms with Gasteiger partial charge in [-0.3, -0.25) is 4.57 Å². The van der Waals surface area contributed by atoms with E-state index < -0.39 is 0 Å². The summed E-state index contributed by atoms with van der Waals surface area (Å²) in [5.41, 5.74) is 4.76. The van der Waals surface area contributed by atoms with Gasteiger partial charge in [-0.2, -0.15) is 4.98 Å². The highest BCUT2D eigenvalue weighted by atomic mass is 32.1. The van der Waals surface area contributed by atoms with Crippen molar-refractivity contribution in [2.45, 2.75) is 13.8 Å². The monoisotopic (exact) mass is 286 g/mol. The molecule has 0 amide bonds. The molecule has 0 fully saturated rings. The lowest BCUT2D eigenvalue weighted by atomic mass is 10.1. The van der Waals surface area contributed by atoms with Crippen LogP contribution in [-0.4, -0.2) is 26.6 Å². The molecule has 1 aromatic carbocycles.